The number of carbonyl (C=O) groups is 1. The topological polar surface area (TPSA) is 56.2 Å². The summed E-state index contributed by atoms with van der Waals surface area (Å²) in [4.78, 5) is 13.4. The number of amides is 1. The zero-order valence-corrected chi connectivity index (χ0v) is 22.1. The number of ether oxygens (including phenoxy) is 1. The van der Waals surface area contributed by atoms with Crippen molar-refractivity contribution in [3.05, 3.63) is 40.5 Å². The summed E-state index contributed by atoms with van der Waals surface area (Å²) < 4.78 is 9.11. The van der Waals surface area contributed by atoms with Gasteiger partial charge in [-0.05, 0) is 86.8 Å². The van der Waals surface area contributed by atoms with Gasteiger partial charge in [-0.25, -0.2) is 4.68 Å². The number of fused-ring (bicyclic) bond motifs is 1. The molecule has 5 atom stereocenters. The predicted molar refractivity (Wildman–Crippen MR) is 138 cm³/mol. The Bertz CT molecular complexity index is 999. The molecule has 184 valence electrons. The predicted octanol–water partition coefficient (Wildman–Crippen LogP) is 6.78. The van der Waals surface area contributed by atoms with E-state index < -0.39 is 0 Å². The highest BCUT2D eigenvalue weighted by atomic mass is 79.9. The molecule has 6 heteroatoms. The van der Waals surface area contributed by atoms with Gasteiger partial charge in [-0.15, -0.1) is 0 Å². The first kappa shape index (κ1) is 23.9. The van der Waals surface area contributed by atoms with Crippen molar-refractivity contribution < 1.29 is 9.53 Å². The summed E-state index contributed by atoms with van der Waals surface area (Å²) in [5.74, 6) is 4.18. The van der Waals surface area contributed by atoms with Crippen molar-refractivity contribution in [3.8, 4) is 11.6 Å². The van der Waals surface area contributed by atoms with E-state index >= 15 is 0 Å². The summed E-state index contributed by atoms with van der Waals surface area (Å²) in [6.45, 7) is 5.13. The first-order valence-corrected chi connectivity index (χ1v) is 14.1. The van der Waals surface area contributed by atoms with Crippen molar-refractivity contribution in [2.24, 2.45) is 29.6 Å². The second-order valence-corrected chi connectivity index (χ2v) is 11.8. The standard InChI is InChI=1S/C28H38BrN3O2/c1-3-19-12-21-14-24(25(21)13-19)18(2)31-27(33)26-16-30-32(23-11-7-10-22(29)15-23)28(26)34-17-20-8-5-4-6-9-20/h7,10-11,15-16,18-21,24-25H,3-6,8-9,12-14,17H2,1-2H3,(H,31,33). The molecule has 1 heterocycles. The fourth-order valence-corrected chi connectivity index (χ4v) is 7.06. The molecule has 5 nitrogen and oxygen atoms in total. The Kier molecular flexibility index (Phi) is 7.33. The van der Waals surface area contributed by atoms with Crippen molar-refractivity contribution >= 4 is 21.8 Å². The van der Waals surface area contributed by atoms with Crippen molar-refractivity contribution in [3.63, 3.8) is 0 Å². The number of hydrogen-bond donors (Lipinski definition) is 1. The quantitative estimate of drug-likeness (QED) is 0.411. The van der Waals surface area contributed by atoms with Crippen LogP contribution in [0.2, 0.25) is 0 Å². The second kappa shape index (κ2) is 10.4. The van der Waals surface area contributed by atoms with Crippen molar-refractivity contribution in [2.75, 3.05) is 6.61 Å². The minimum Gasteiger partial charge on any atom is -0.477 e. The molecule has 0 aliphatic heterocycles. The molecule has 0 radical (unpaired) electrons. The van der Waals surface area contributed by atoms with Crippen molar-refractivity contribution in [1.82, 2.24) is 15.1 Å². The SMILES string of the molecule is CCC1CC2CC(C(C)NC(=O)c3cnn(-c4cccc(Br)c4)c3OCC3CCCCC3)C2C1. The summed E-state index contributed by atoms with van der Waals surface area (Å²) in [6, 6.07) is 8.14. The summed E-state index contributed by atoms with van der Waals surface area (Å²) >= 11 is 3.55. The van der Waals surface area contributed by atoms with E-state index in [1.807, 2.05) is 24.3 Å². The van der Waals surface area contributed by atoms with E-state index in [-0.39, 0.29) is 11.9 Å². The normalized spacial score (nSPS) is 27.6. The number of nitrogens with zero attached hydrogens (tertiary/aromatic N) is 2. The van der Waals surface area contributed by atoms with Crippen LogP contribution in [0.3, 0.4) is 0 Å². The van der Waals surface area contributed by atoms with Crippen LogP contribution in [0.15, 0.2) is 34.9 Å². The van der Waals surface area contributed by atoms with Gasteiger partial charge in [0, 0.05) is 10.5 Å². The van der Waals surface area contributed by atoms with E-state index in [4.69, 9.17) is 4.74 Å². The van der Waals surface area contributed by atoms with Crippen LogP contribution in [0.5, 0.6) is 5.88 Å². The average Bonchev–Trinajstić information content (AvgIpc) is 3.40. The van der Waals surface area contributed by atoms with E-state index in [0.29, 0.717) is 29.9 Å². The summed E-state index contributed by atoms with van der Waals surface area (Å²) in [5, 5.41) is 7.90. The lowest BCUT2D eigenvalue weighted by atomic mass is 9.64. The van der Waals surface area contributed by atoms with Gasteiger partial charge in [-0.2, -0.15) is 5.10 Å². The minimum atomic E-state index is -0.0686. The molecule has 3 aliphatic rings. The number of benzene rings is 1. The van der Waals surface area contributed by atoms with Gasteiger partial charge in [-0.1, -0.05) is 54.6 Å². The van der Waals surface area contributed by atoms with Crippen LogP contribution in [0.25, 0.3) is 5.69 Å². The van der Waals surface area contributed by atoms with E-state index in [1.165, 1.54) is 57.8 Å². The third-order valence-corrected chi connectivity index (χ3v) is 9.25. The Labute approximate surface area is 212 Å². The molecular weight excluding hydrogens is 490 g/mol. The summed E-state index contributed by atoms with van der Waals surface area (Å²) in [5.41, 5.74) is 1.43. The maximum Gasteiger partial charge on any atom is 0.258 e. The highest BCUT2D eigenvalue weighted by molar-refractivity contribution is 9.10. The van der Waals surface area contributed by atoms with Crippen molar-refractivity contribution in [1.29, 1.82) is 0 Å². The lowest BCUT2D eigenvalue weighted by Crippen LogP contribution is -2.47. The number of aromatic nitrogens is 2. The van der Waals surface area contributed by atoms with E-state index in [0.717, 1.165) is 27.9 Å². The third kappa shape index (κ3) is 4.93. The number of halogens is 1. The van der Waals surface area contributed by atoms with E-state index in [1.54, 1.807) is 10.9 Å². The van der Waals surface area contributed by atoms with Crippen LogP contribution in [-0.4, -0.2) is 28.3 Å². The zero-order valence-electron chi connectivity index (χ0n) is 20.5. The molecule has 34 heavy (non-hydrogen) atoms. The van der Waals surface area contributed by atoms with E-state index in [9.17, 15) is 4.79 Å². The van der Waals surface area contributed by atoms with Crippen molar-refractivity contribution in [2.45, 2.75) is 77.7 Å². The summed E-state index contributed by atoms with van der Waals surface area (Å²) in [7, 11) is 0. The Morgan fingerprint density at radius 2 is 2.03 bits per heavy atom. The van der Waals surface area contributed by atoms with Crippen LogP contribution in [0.1, 0.15) is 82.0 Å². The molecule has 5 unspecified atom stereocenters. The van der Waals surface area contributed by atoms with Crippen LogP contribution in [0.4, 0.5) is 0 Å². The highest BCUT2D eigenvalue weighted by Gasteiger charge is 2.49. The number of hydrogen-bond acceptors (Lipinski definition) is 3. The van der Waals surface area contributed by atoms with Crippen LogP contribution in [0, 0.1) is 29.6 Å². The zero-order chi connectivity index (χ0) is 23.7. The summed E-state index contributed by atoms with van der Waals surface area (Å²) in [6.07, 6.45) is 13.2. The lowest BCUT2D eigenvalue weighted by Gasteiger charge is -2.44. The molecule has 0 saturated heterocycles. The second-order valence-electron chi connectivity index (χ2n) is 10.9. The Balaban J connectivity index is 1.32. The highest BCUT2D eigenvalue weighted by Crippen LogP contribution is 2.55. The van der Waals surface area contributed by atoms with Crippen LogP contribution >= 0.6 is 15.9 Å². The molecule has 3 fully saturated rings. The maximum atomic E-state index is 13.4. The largest absolute Gasteiger partial charge is 0.477 e. The Morgan fingerprint density at radius 3 is 2.79 bits per heavy atom. The molecule has 5 rings (SSSR count). The molecule has 0 spiro atoms. The molecule has 1 aromatic carbocycles. The number of carbonyl (C=O) groups excluding carboxylic acids is 1. The number of nitrogens with one attached hydrogen (secondary N) is 1. The molecule has 0 bridgehead atoms. The van der Waals surface area contributed by atoms with Gasteiger partial charge in [0.05, 0.1) is 18.5 Å². The van der Waals surface area contributed by atoms with E-state index in [2.05, 4.69) is 40.2 Å². The Hall–Kier alpha value is -1.82. The molecule has 1 amide bonds. The maximum absolute atomic E-state index is 13.4. The first-order chi connectivity index (χ1) is 16.5. The molecule has 3 aliphatic carbocycles. The Morgan fingerprint density at radius 1 is 1.21 bits per heavy atom. The molecule has 1 N–H and O–H groups in total. The fraction of sp³-hybridized carbons (Fsp3) is 0.643. The average molecular weight is 529 g/mol. The third-order valence-electron chi connectivity index (χ3n) is 8.75. The number of rotatable bonds is 8. The first-order valence-electron chi connectivity index (χ1n) is 13.3. The fourth-order valence-electron chi connectivity index (χ4n) is 6.67. The van der Waals surface area contributed by atoms with Gasteiger partial charge in [0.2, 0.25) is 5.88 Å². The monoisotopic (exact) mass is 527 g/mol. The minimum absolute atomic E-state index is 0.0686. The van der Waals surface area contributed by atoms with Crippen LogP contribution < -0.4 is 10.1 Å². The van der Waals surface area contributed by atoms with Crippen LogP contribution in [-0.2, 0) is 0 Å². The molecule has 1 aromatic heterocycles. The van der Waals surface area contributed by atoms with Gasteiger partial charge < -0.3 is 10.1 Å². The van der Waals surface area contributed by atoms with Gasteiger partial charge in [-0.3, -0.25) is 4.79 Å². The molecular formula is C28H38BrN3O2. The van der Waals surface area contributed by atoms with Gasteiger partial charge in [0.15, 0.2) is 0 Å². The molecule has 2 aromatic rings. The van der Waals surface area contributed by atoms with Gasteiger partial charge >= 0.3 is 0 Å². The smallest absolute Gasteiger partial charge is 0.258 e. The van der Waals surface area contributed by atoms with Gasteiger partial charge in [0.25, 0.3) is 5.91 Å². The van der Waals surface area contributed by atoms with Gasteiger partial charge in [0.1, 0.15) is 5.56 Å². The molecule has 3 saturated carbocycles. The lowest BCUT2D eigenvalue weighted by molar-refractivity contribution is 0.0627.